The Morgan fingerprint density at radius 3 is 3.06 bits per heavy atom. The number of ether oxygens (including phenoxy) is 1. The van der Waals surface area contributed by atoms with Gasteiger partial charge in [0.25, 0.3) is 0 Å². The molecule has 1 aromatic rings. The molecule has 18 heavy (non-hydrogen) atoms. The van der Waals surface area contributed by atoms with Crippen molar-refractivity contribution >= 4 is 9.84 Å². The molecule has 0 spiro atoms. The van der Waals surface area contributed by atoms with E-state index in [1.165, 1.54) is 0 Å². The summed E-state index contributed by atoms with van der Waals surface area (Å²) in [6, 6.07) is -0.135. The zero-order valence-corrected chi connectivity index (χ0v) is 11.1. The van der Waals surface area contributed by atoms with Crippen LogP contribution in [0.1, 0.15) is 18.3 Å². The normalized spacial score (nSPS) is 22.4. The van der Waals surface area contributed by atoms with Gasteiger partial charge in [-0.05, 0) is 16.8 Å². The molecular formula is C9H17N5O3S. The SMILES string of the molecule is COCCNCc1nnnn1C1CCS(=O)(=O)C1. The van der Waals surface area contributed by atoms with Crippen molar-refractivity contribution in [2.75, 3.05) is 31.8 Å². The maximum absolute atomic E-state index is 11.4. The third-order valence-corrected chi connectivity index (χ3v) is 4.63. The lowest BCUT2D eigenvalue weighted by Crippen LogP contribution is -2.23. The van der Waals surface area contributed by atoms with E-state index in [-0.39, 0.29) is 17.5 Å². The molecule has 9 heteroatoms. The maximum Gasteiger partial charge on any atom is 0.165 e. The first-order valence-corrected chi connectivity index (χ1v) is 7.61. The van der Waals surface area contributed by atoms with Crippen molar-refractivity contribution in [3.05, 3.63) is 5.82 Å². The van der Waals surface area contributed by atoms with E-state index >= 15 is 0 Å². The van der Waals surface area contributed by atoms with E-state index in [4.69, 9.17) is 4.74 Å². The van der Waals surface area contributed by atoms with E-state index in [2.05, 4.69) is 20.8 Å². The smallest absolute Gasteiger partial charge is 0.165 e. The minimum atomic E-state index is -2.92. The largest absolute Gasteiger partial charge is 0.383 e. The molecule has 0 aromatic carbocycles. The minimum Gasteiger partial charge on any atom is -0.383 e. The monoisotopic (exact) mass is 275 g/mol. The molecule has 0 radical (unpaired) electrons. The van der Waals surface area contributed by atoms with E-state index in [9.17, 15) is 8.42 Å². The molecule has 1 fully saturated rings. The number of methoxy groups -OCH3 is 1. The maximum atomic E-state index is 11.4. The van der Waals surface area contributed by atoms with Crippen LogP contribution in [0, 0.1) is 0 Å². The zero-order chi connectivity index (χ0) is 13.0. The summed E-state index contributed by atoms with van der Waals surface area (Å²) in [5, 5.41) is 14.5. The molecule has 1 aliphatic rings. The molecule has 1 aliphatic heterocycles. The van der Waals surface area contributed by atoms with Crippen molar-refractivity contribution < 1.29 is 13.2 Å². The van der Waals surface area contributed by atoms with Gasteiger partial charge in [-0.25, -0.2) is 13.1 Å². The highest BCUT2D eigenvalue weighted by Crippen LogP contribution is 2.23. The van der Waals surface area contributed by atoms with E-state index in [0.29, 0.717) is 31.9 Å². The summed E-state index contributed by atoms with van der Waals surface area (Å²) in [5.41, 5.74) is 0. The average molecular weight is 275 g/mol. The van der Waals surface area contributed by atoms with E-state index in [0.717, 1.165) is 0 Å². The Morgan fingerprint density at radius 1 is 1.56 bits per heavy atom. The van der Waals surface area contributed by atoms with Crippen molar-refractivity contribution in [1.29, 1.82) is 0 Å². The lowest BCUT2D eigenvalue weighted by Gasteiger charge is -2.10. The minimum absolute atomic E-state index is 0.128. The lowest BCUT2D eigenvalue weighted by molar-refractivity contribution is 0.198. The molecule has 1 atom stereocenters. The van der Waals surface area contributed by atoms with Gasteiger partial charge < -0.3 is 10.1 Å². The summed E-state index contributed by atoms with van der Waals surface area (Å²) in [7, 11) is -1.29. The lowest BCUT2D eigenvalue weighted by atomic mass is 10.3. The number of tetrazole rings is 1. The first-order valence-electron chi connectivity index (χ1n) is 5.79. The highest BCUT2D eigenvalue weighted by atomic mass is 32.2. The molecular weight excluding hydrogens is 258 g/mol. The fourth-order valence-electron chi connectivity index (χ4n) is 1.95. The Hall–Kier alpha value is -1.06. The molecule has 1 aromatic heterocycles. The zero-order valence-electron chi connectivity index (χ0n) is 10.2. The Bertz CT molecular complexity index is 486. The second kappa shape index (κ2) is 5.72. The summed E-state index contributed by atoms with van der Waals surface area (Å²) in [6.45, 7) is 1.82. The molecule has 0 amide bonds. The molecule has 1 unspecified atom stereocenters. The van der Waals surface area contributed by atoms with Crippen LogP contribution in [0.25, 0.3) is 0 Å². The number of rotatable bonds is 6. The van der Waals surface area contributed by atoms with Gasteiger partial charge in [-0.1, -0.05) is 0 Å². The number of nitrogens with one attached hydrogen (secondary N) is 1. The Morgan fingerprint density at radius 2 is 2.39 bits per heavy atom. The fourth-order valence-corrected chi connectivity index (χ4v) is 3.65. The highest BCUT2D eigenvalue weighted by Gasteiger charge is 2.31. The van der Waals surface area contributed by atoms with Gasteiger partial charge >= 0.3 is 0 Å². The van der Waals surface area contributed by atoms with Crippen molar-refractivity contribution in [2.45, 2.75) is 19.0 Å². The number of nitrogens with zero attached hydrogens (tertiary/aromatic N) is 4. The molecule has 0 aliphatic carbocycles. The van der Waals surface area contributed by atoms with Gasteiger partial charge in [0.1, 0.15) is 0 Å². The van der Waals surface area contributed by atoms with Crippen LogP contribution in [0.2, 0.25) is 0 Å². The second-order valence-corrected chi connectivity index (χ2v) is 6.49. The van der Waals surface area contributed by atoms with Crippen molar-refractivity contribution in [3.63, 3.8) is 0 Å². The first-order chi connectivity index (χ1) is 8.62. The number of hydrogen-bond acceptors (Lipinski definition) is 7. The van der Waals surface area contributed by atoms with Gasteiger partial charge in [0.15, 0.2) is 15.7 Å². The standard InChI is InChI=1S/C9H17N5O3S/c1-17-4-3-10-6-9-11-12-13-14(9)8-2-5-18(15,16)7-8/h8,10H,2-7H2,1H3. The Kier molecular flexibility index (Phi) is 4.25. The van der Waals surface area contributed by atoms with Crippen LogP contribution in [0.4, 0.5) is 0 Å². The third kappa shape index (κ3) is 3.24. The van der Waals surface area contributed by atoms with Gasteiger partial charge in [-0.2, -0.15) is 0 Å². The van der Waals surface area contributed by atoms with E-state index < -0.39 is 9.84 Å². The molecule has 0 bridgehead atoms. The van der Waals surface area contributed by atoms with Gasteiger partial charge in [0.2, 0.25) is 0 Å². The second-order valence-electron chi connectivity index (χ2n) is 4.27. The molecule has 8 nitrogen and oxygen atoms in total. The van der Waals surface area contributed by atoms with Gasteiger partial charge in [-0.3, -0.25) is 0 Å². The summed E-state index contributed by atoms with van der Waals surface area (Å²) in [5.74, 6) is 1.00. The summed E-state index contributed by atoms with van der Waals surface area (Å²) >= 11 is 0. The number of hydrogen-bond donors (Lipinski definition) is 1. The van der Waals surface area contributed by atoms with Crippen molar-refractivity contribution in [2.24, 2.45) is 0 Å². The topological polar surface area (TPSA) is 99.0 Å². The van der Waals surface area contributed by atoms with E-state index in [1.807, 2.05) is 0 Å². The van der Waals surface area contributed by atoms with Crippen molar-refractivity contribution in [1.82, 2.24) is 25.5 Å². The summed E-state index contributed by atoms with van der Waals surface area (Å²) < 4.78 is 29.4. The van der Waals surface area contributed by atoms with Crippen LogP contribution >= 0.6 is 0 Å². The van der Waals surface area contributed by atoms with Crippen LogP contribution < -0.4 is 5.32 Å². The molecule has 1 saturated heterocycles. The van der Waals surface area contributed by atoms with Crippen LogP contribution in [0.5, 0.6) is 0 Å². The highest BCUT2D eigenvalue weighted by molar-refractivity contribution is 7.91. The van der Waals surface area contributed by atoms with E-state index in [1.54, 1.807) is 11.8 Å². The average Bonchev–Trinajstić information content (AvgIpc) is 2.90. The predicted molar refractivity (Wildman–Crippen MR) is 63.7 cm³/mol. The molecule has 2 heterocycles. The molecule has 2 rings (SSSR count). The Balaban J connectivity index is 1.95. The molecule has 102 valence electrons. The number of aromatic nitrogens is 4. The fraction of sp³-hybridized carbons (Fsp3) is 0.889. The van der Waals surface area contributed by atoms with Crippen LogP contribution in [0.15, 0.2) is 0 Å². The van der Waals surface area contributed by atoms with Crippen molar-refractivity contribution in [3.8, 4) is 0 Å². The quantitative estimate of drug-likeness (QED) is 0.649. The Labute approximate surface area is 106 Å². The van der Waals surface area contributed by atoms with Crippen LogP contribution in [-0.4, -0.2) is 60.4 Å². The third-order valence-electron chi connectivity index (χ3n) is 2.88. The molecule has 1 N–H and O–H groups in total. The first kappa shape index (κ1) is 13.4. The van der Waals surface area contributed by atoms with Crippen LogP contribution in [0.3, 0.4) is 0 Å². The summed E-state index contributed by atoms with van der Waals surface area (Å²) in [6.07, 6.45) is 0.582. The molecule has 0 saturated carbocycles. The van der Waals surface area contributed by atoms with Crippen LogP contribution in [-0.2, 0) is 21.1 Å². The number of sulfone groups is 1. The van der Waals surface area contributed by atoms with Gasteiger partial charge in [0, 0.05) is 13.7 Å². The predicted octanol–water partition coefficient (Wildman–Crippen LogP) is -1.23. The van der Waals surface area contributed by atoms with Gasteiger partial charge in [0.05, 0.1) is 30.7 Å². The van der Waals surface area contributed by atoms with Gasteiger partial charge in [-0.15, -0.1) is 5.10 Å². The summed E-state index contributed by atoms with van der Waals surface area (Å²) in [4.78, 5) is 0.